The van der Waals surface area contributed by atoms with Crippen LogP contribution in [0.4, 0.5) is 0 Å². The standard InChI is InChI=1S/C15H27NO3/c1-18-15(17)12-13-6-2-3-9-16(13)10-4-7-14-8-5-11-19-14/h13-14H,2-12H2,1H3. The zero-order valence-corrected chi connectivity index (χ0v) is 12.1. The Balaban J connectivity index is 1.70. The highest BCUT2D eigenvalue weighted by molar-refractivity contribution is 5.69. The second-order valence-electron chi connectivity index (χ2n) is 5.74. The Kier molecular flexibility index (Phi) is 6.11. The van der Waals surface area contributed by atoms with Gasteiger partial charge in [0.15, 0.2) is 0 Å². The molecule has 110 valence electrons. The summed E-state index contributed by atoms with van der Waals surface area (Å²) in [6.45, 7) is 3.17. The first-order chi connectivity index (χ1) is 9.29. The molecular formula is C15H27NO3. The minimum atomic E-state index is -0.0731. The molecule has 2 aliphatic rings. The maximum atomic E-state index is 11.4. The van der Waals surface area contributed by atoms with Gasteiger partial charge in [0.1, 0.15) is 0 Å². The van der Waals surface area contributed by atoms with Gasteiger partial charge >= 0.3 is 5.97 Å². The molecule has 19 heavy (non-hydrogen) atoms. The number of hydrogen-bond acceptors (Lipinski definition) is 4. The van der Waals surface area contributed by atoms with Gasteiger partial charge in [0.25, 0.3) is 0 Å². The molecule has 0 saturated carbocycles. The van der Waals surface area contributed by atoms with Crippen LogP contribution in [0.1, 0.15) is 51.4 Å². The van der Waals surface area contributed by atoms with Crippen molar-refractivity contribution in [3.8, 4) is 0 Å². The van der Waals surface area contributed by atoms with Gasteiger partial charge in [-0.3, -0.25) is 9.69 Å². The molecule has 2 rings (SSSR count). The van der Waals surface area contributed by atoms with E-state index < -0.39 is 0 Å². The minimum absolute atomic E-state index is 0.0731. The number of piperidine rings is 1. The van der Waals surface area contributed by atoms with Crippen molar-refractivity contribution in [1.82, 2.24) is 4.90 Å². The highest BCUT2D eigenvalue weighted by atomic mass is 16.5. The number of carbonyl (C=O) groups is 1. The van der Waals surface area contributed by atoms with Crippen molar-refractivity contribution in [3.05, 3.63) is 0 Å². The van der Waals surface area contributed by atoms with E-state index in [1.165, 1.54) is 45.6 Å². The SMILES string of the molecule is COC(=O)CC1CCCCN1CCCC1CCCO1. The van der Waals surface area contributed by atoms with Gasteiger partial charge in [-0.1, -0.05) is 6.42 Å². The molecule has 0 aromatic carbocycles. The Morgan fingerprint density at radius 1 is 1.32 bits per heavy atom. The van der Waals surface area contributed by atoms with Crippen molar-refractivity contribution in [1.29, 1.82) is 0 Å². The lowest BCUT2D eigenvalue weighted by Gasteiger charge is -2.35. The lowest BCUT2D eigenvalue weighted by molar-refractivity contribution is -0.142. The number of ether oxygens (including phenoxy) is 2. The van der Waals surface area contributed by atoms with Crippen molar-refractivity contribution in [2.24, 2.45) is 0 Å². The van der Waals surface area contributed by atoms with Gasteiger partial charge in [0.05, 0.1) is 19.6 Å². The predicted octanol–water partition coefficient (Wildman–Crippen LogP) is 2.36. The molecule has 4 nitrogen and oxygen atoms in total. The van der Waals surface area contributed by atoms with E-state index in [9.17, 15) is 4.79 Å². The van der Waals surface area contributed by atoms with Crippen molar-refractivity contribution < 1.29 is 14.3 Å². The number of nitrogens with zero attached hydrogens (tertiary/aromatic N) is 1. The number of likely N-dealkylation sites (tertiary alicyclic amines) is 1. The van der Waals surface area contributed by atoms with Crippen LogP contribution in [0, 0.1) is 0 Å². The van der Waals surface area contributed by atoms with Gasteiger partial charge in [-0.05, 0) is 51.6 Å². The third-order valence-corrected chi connectivity index (χ3v) is 4.37. The smallest absolute Gasteiger partial charge is 0.307 e. The van der Waals surface area contributed by atoms with Gasteiger partial charge in [0, 0.05) is 12.6 Å². The Bertz CT molecular complexity index is 277. The van der Waals surface area contributed by atoms with Crippen LogP contribution in [0.3, 0.4) is 0 Å². The van der Waals surface area contributed by atoms with Crippen LogP contribution in [-0.4, -0.2) is 49.8 Å². The number of rotatable bonds is 6. The fourth-order valence-corrected chi connectivity index (χ4v) is 3.26. The first-order valence-electron chi connectivity index (χ1n) is 7.72. The van der Waals surface area contributed by atoms with Gasteiger partial charge in [-0.15, -0.1) is 0 Å². The average Bonchev–Trinajstić information content (AvgIpc) is 2.94. The summed E-state index contributed by atoms with van der Waals surface area (Å²) in [6.07, 6.45) is 9.48. The molecule has 0 spiro atoms. The normalized spacial score (nSPS) is 28.5. The van der Waals surface area contributed by atoms with Gasteiger partial charge in [-0.2, -0.15) is 0 Å². The zero-order chi connectivity index (χ0) is 13.5. The van der Waals surface area contributed by atoms with E-state index in [2.05, 4.69) is 4.90 Å². The topological polar surface area (TPSA) is 38.8 Å². The highest BCUT2D eigenvalue weighted by Crippen LogP contribution is 2.22. The number of methoxy groups -OCH3 is 1. The van der Waals surface area contributed by atoms with Crippen molar-refractivity contribution in [3.63, 3.8) is 0 Å². The summed E-state index contributed by atoms with van der Waals surface area (Å²) in [6, 6.07) is 0.394. The van der Waals surface area contributed by atoms with Crippen molar-refractivity contribution in [2.75, 3.05) is 26.8 Å². The Labute approximate surface area is 116 Å². The fourth-order valence-electron chi connectivity index (χ4n) is 3.26. The predicted molar refractivity (Wildman–Crippen MR) is 74.1 cm³/mol. The van der Waals surface area contributed by atoms with Crippen LogP contribution in [0.25, 0.3) is 0 Å². The zero-order valence-electron chi connectivity index (χ0n) is 12.1. The Hall–Kier alpha value is -0.610. The summed E-state index contributed by atoms with van der Waals surface area (Å²) in [7, 11) is 1.48. The third-order valence-electron chi connectivity index (χ3n) is 4.37. The third kappa shape index (κ3) is 4.77. The number of hydrogen-bond donors (Lipinski definition) is 0. The van der Waals surface area contributed by atoms with Crippen LogP contribution >= 0.6 is 0 Å². The van der Waals surface area contributed by atoms with Crippen molar-refractivity contribution in [2.45, 2.75) is 63.5 Å². The van der Waals surface area contributed by atoms with Crippen molar-refractivity contribution >= 4 is 5.97 Å². The summed E-state index contributed by atoms with van der Waals surface area (Å²) < 4.78 is 10.5. The Morgan fingerprint density at radius 3 is 2.95 bits per heavy atom. The van der Waals surface area contributed by atoms with Gasteiger partial charge < -0.3 is 9.47 Å². The van der Waals surface area contributed by atoms with E-state index in [1.54, 1.807) is 0 Å². The maximum absolute atomic E-state index is 11.4. The second-order valence-corrected chi connectivity index (χ2v) is 5.74. The molecule has 0 N–H and O–H groups in total. The summed E-state index contributed by atoms with van der Waals surface area (Å²) in [5, 5.41) is 0. The molecule has 0 amide bonds. The quantitative estimate of drug-likeness (QED) is 0.694. The monoisotopic (exact) mass is 269 g/mol. The fraction of sp³-hybridized carbons (Fsp3) is 0.933. The molecule has 0 aliphatic carbocycles. The highest BCUT2D eigenvalue weighted by Gasteiger charge is 2.25. The molecule has 2 heterocycles. The average molecular weight is 269 g/mol. The first-order valence-corrected chi connectivity index (χ1v) is 7.72. The van der Waals surface area contributed by atoms with E-state index in [0.29, 0.717) is 18.6 Å². The van der Waals surface area contributed by atoms with E-state index in [0.717, 1.165) is 26.1 Å². The lowest BCUT2D eigenvalue weighted by atomic mass is 9.98. The van der Waals surface area contributed by atoms with E-state index >= 15 is 0 Å². The summed E-state index contributed by atoms with van der Waals surface area (Å²) in [4.78, 5) is 13.9. The lowest BCUT2D eigenvalue weighted by Crippen LogP contribution is -2.41. The molecule has 0 aromatic rings. The van der Waals surface area contributed by atoms with Gasteiger partial charge in [0.2, 0.25) is 0 Å². The molecule has 2 atom stereocenters. The largest absolute Gasteiger partial charge is 0.469 e. The molecule has 4 heteroatoms. The molecule has 0 radical (unpaired) electrons. The molecule has 2 unspecified atom stereocenters. The van der Waals surface area contributed by atoms with Crippen LogP contribution < -0.4 is 0 Å². The minimum Gasteiger partial charge on any atom is -0.469 e. The van der Waals surface area contributed by atoms with Crippen LogP contribution in [-0.2, 0) is 14.3 Å². The number of carbonyl (C=O) groups excluding carboxylic acids is 1. The van der Waals surface area contributed by atoms with E-state index in [4.69, 9.17) is 9.47 Å². The molecule has 2 fully saturated rings. The molecule has 2 saturated heterocycles. The van der Waals surface area contributed by atoms with Crippen LogP contribution in [0.2, 0.25) is 0 Å². The molecule has 0 bridgehead atoms. The first kappa shape index (κ1) is 14.8. The second kappa shape index (κ2) is 7.85. The maximum Gasteiger partial charge on any atom is 0.307 e. The van der Waals surface area contributed by atoms with E-state index in [1.807, 2.05) is 0 Å². The Morgan fingerprint density at radius 2 is 2.21 bits per heavy atom. The molecule has 2 aliphatic heterocycles. The van der Waals surface area contributed by atoms with E-state index in [-0.39, 0.29) is 5.97 Å². The van der Waals surface area contributed by atoms with Crippen LogP contribution in [0.5, 0.6) is 0 Å². The summed E-state index contributed by atoms with van der Waals surface area (Å²) in [5.41, 5.74) is 0. The molecule has 0 aromatic heterocycles. The van der Waals surface area contributed by atoms with Crippen LogP contribution in [0.15, 0.2) is 0 Å². The summed E-state index contributed by atoms with van der Waals surface area (Å²) in [5.74, 6) is -0.0731. The number of esters is 1. The summed E-state index contributed by atoms with van der Waals surface area (Å²) >= 11 is 0. The van der Waals surface area contributed by atoms with Gasteiger partial charge in [-0.25, -0.2) is 0 Å². The molecular weight excluding hydrogens is 242 g/mol.